The molecule has 0 saturated carbocycles. The van der Waals surface area contributed by atoms with E-state index in [0.717, 1.165) is 42.7 Å². The summed E-state index contributed by atoms with van der Waals surface area (Å²) in [7, 11) is 0. The average molecular weight is 246 g/mol. The maximum Gasteiger partial charge on any atom is 0.163 e. The Balaban J connectivity index is 1.61. The maximum absolute atomic E-state index is 11.6. The Morgan fingerprint density at radius 3 is 3.11 bits per heavy atom. The molecule has 0 N–H and O–H groups in total. The first-order valence-corrected chi connectivity index (χ1v) is 6.74. The van der Waals surface area contributed by atoms with E-state index in [1.165, 1.54) is 6.42 Å². The third-order valence-corrected chi connectivity index (χ3v) is 3.76. The molecule has 3 heteroatoms. The molecule has 3 nitrogen and oxygen atoms in total. The van der Waals surface area contributed by atoms with Crippen molar-refractivity contribution < 1.29 is 14.3 Å². The van der Waals surface area contributed by atoms with E-state index >= 15 is 0 Å². The summed E-state index contributed by atoms with van der Waals surface area (Å²) in [6.45, 7) is 1.56. The predicted octanol–water partition coefficient (Wildman–Crippen LogP) is 2.76. The molecule has 18 heavy (non-hydrogen) atoms. The molecule has 0 amide bonds. The number of benzene rings is 1. The molecule has 1 saturated heterocycles. The largest absolute Gasteiger partial charge is 0.493 e. The molecule has 1 heterocycles. The second-order valence-corrected chi connectivity index (χ2v) is 4.98. The summed E-state index contributed by atoms with van der Waals surface area (Å²) in [5.41, 5.74) is 1.94. The lowest BCUT2D eigenvalue weighted by Gasteiger charge is -2.12. The SMILES string of the molecule is O=C1CCc2c(OCCC3CCCO3)cccc21. The van der Waals surface area contributed by atoms with Gasteiger partial charge in [0.1, 0.15) is 5.75 Å². The van der Waals surface area contributed by atoms with Gasteiger partial charge in [0, 0.05) is 30.6 Å². The molecular weight excluding hydrogens is 228 g/mol. The zero-order valence-corrected chi connectivity index (χ0v) is 10.5. The van der Waals surface area contributed by atoms with E-state index < -0.39 is 0 Å². The van der Waals surface area contributed by atoms with E-state index in [-0.39, 0.29) is 5.78 Å². The molecule has 0 bridgehead atoms. The Bertz CT molecular complexity index is 447. The lowest BCUT2D eigenvalue weighted by Crippen LogP contribution is -2.11. The minimum atomic E-state index is 0.245. The first kappa shape index (κ1) is 11.7. The van der Waals surface area contributed by atoms with Gasteiger partial charge in [-0.15, -0.1) is 0 Å². The Hall–Kier alpha value is -1.35. The van der Waals surface area contributed by atoms with Gasteiger partial charge in [-0.2, -0.15) is 0 Å². The highest BCUT2D eigenvalue weighted by molar-refractivity contribution is 6.01. The minimum absolute atomic E-state index is 0.245. The van der Waals surface area contributed by atoms with Crippen molar-refractivity contribution in [2.45, 2.75) is 38.2 Å². The van der Waals surface area contributed by atoms with Crippen molar-refractivity contribution in [2.75, 3.05) is 13.2 Å². The van der Waals surface area contributed by atoms with Crippen LogP contribution in [0.4, 0.5) is 0 Å². The molecule has 1 aliphatic heterocycles. The lowest BCUT2D eigenvalue weighted by molar-refractivity contribution is 0.0902. The van der Waals surface area contributed by atoms with Crippen LogP contribution in [-0.2, 0) is 11.2 Å². The quantitative estimate of drug-likeness (QED) is 0.819. The normalized spacial score (nSPS) is 22.2. The van der Waals surface area contributed by atoms with Gasteiger partial charge in [-0.3, -0.25) is 4.79 Å². The summed E-state index contributed by atoms with van der Waals surface area (Å²) < 4.78 is 11.4. The predicted molar refractivity (Wildman–Crippen MR) is 68.2 cm³/mol. The molecule has 0 radical (unpaired) electrons. The van der Waals surface area contributed by atoms with Gasteiger partial charge in [0.2, 0.25) is 0 Å². The van der Waals surface area contributed by atoms with E-state index in [9.17, 15) is 4.79 Å². The lowest BCUT2D eigenvalue weighted by atomic mass is 10.1. The van der Waals surface area contributed by atoms with Crippen molar-refractivity contribution in [3.63, 3.8) is 0 Å². The molecule has 1 atom stereocenters. The van der Waals surface area contributed by atoms with Gasteiger partial charge in [0.05, 0.1) is 12.7 Å². The topological polar surface area (TPSA) is 35.5 Å². The maximum atomic E-state index is 11.6. The van der Waals surface area contributed by atoms with Crippen LogP contribution in [-0.4, -0.2) is 25.1 Å². The molecule has 2 aliphatic rings. The summed E-state index contributed by atoms with van der Waals surface area (Å²) in [6, 6.07) is 5.77. The summed E-state index contributed by atoms with van der Waals surface area (Å²) in [5.74, 6) is 1.13. The molecule has 1 fully saturated rings. The number of ether oxygens (including phenoxy) is 2. The highest BCUT2D eigenvalue weighted by Gasteiger charge is 2.22. The van der Waals surface area contributed by atoms with Gasteiger partial charge in [-0.25, -0.2) is 0 Å². The van der Waals surface area contributed by atoms with Crippen molar-refractivity contribution in [1.82, 2.24) is 0 Å². The van der Waals surface area contributed by atoms with Crippen LogP contribution in [0.15, 0.2) is 18.2 Å². The van der Waals surface area contributed by atoms with E-state index in [0.29, 0.717) is 19.1 Å². The van der Waals surface area contributed by atoms with Crippen LogP contribution in [0, 0.1) is 0 Å². The van der Waals surface area contributed by atoms with Gasteiger partial charge < -0.3 is 9.47 Å². The highest BCUT2D eigenvalue weighted by atomic mass is 16.5. The highest BCUT2D eigenvalue weighted by Crippen LogP contribution is 2.30. The first-order chi connectivity index (χ1) is 8.84. The molecule has 3 rings (SSSR count). The molecule has 1 unspecified atom stereocenters. The van der Waals surface area contributed by atoms with Crippen molar-refractivity contribution in [3.8, 4) is 5.75 Å². The second-order valence-electron chi connectivity index (χ2n) is 4.98. The number of carbonyl (C=O) groups is 1. The number of hydrogen-bond donors (Lipinski definition) is 0. The summed E-state index contributed by atoms with van der Waals surface area (Å²) in [6.07, 6.45) is 5.07. The summed E-state index contributed by atoms with van der Waals surface area (Å²) in [4.78, 5) is 11.6. The van der Waals surface area contributed by atoms with Crippen molar-refractivity contribution in [3.05, 3.63) is 29.3 Å². The van der Waals surface area contributed by atoms with Crippen LogP contribution >= 0.6 is 0 Å². The van der Waals surface area contributed by atoms with Crippen LogP contribution in [0.3, 0.4) is 0 Å². The Morgan fingerprint density at radius 2 is 2.28 bits per heavy atom. The third-order valence-electron chi connectivity index (χ3n) is 3.76. The van der Waals surface area contributed by atoms with Gasteiger partial charge in [-0.05, 0) is 25.3 Å². The molecule has 0 aromatic heterocycles. The second kappa shape index (κ2) is 5.11. The van der Waals surface area contributed by atoms with Crippen molar-refractivity contribution >= 4 is 5.78 Å². The Kier molecular flexibility index (Phi) is 3.33. The van der Waals surface area contributed by atoms with E-state index in [4.69, 9.17) is 9.47 Å². The molecule has 0 spiro atoms. The Morgan fingerprint density at radius 1 is 1.33 bits per heavy atom. The van der Waals surface area contributed by atoms with Crippen LogP contribution in [0.2, 0.25) is 0 Å². The number of fused-ring (bicyclic) bond motifs is 1. The van der Waals surface area contributed by atoms with E-state index in [2.05, 4.69) is 0 Å². The zero-order chi connectivity index (χ0) is 12.4. The van der Waals surface area contributed by atoms with Crippen molar-refractivity contribution in [1.29, 1.82) is 0 Å². The fourth-order valence-corrected chi connectivity index (χ4v) is 2.77. The molecule has 1 aromatic rings. The number of ketones is 1. The number of Topliss-reactive ketones (excluding diaryl/α,β-unsaturated/α-hetero) is 1. The van der Waals surface area contributed by atoms with Gasteiger partial charge in [0.15, 0.2) is 5.78 Å². The van der Waals surface area contributed by atoms with Crippen LogP contribution in [0.25, 0.3) is 0 Å². The molecule has 96 valence electrons. The van der Waals surface area contributed by atoms with Crippen LogP contribution < -0.4 is 4.74 Å². The van der Waals surface area contributed by atoms with E-state index in [1.807, 2.05) is 18.2 Å². The van der Waals surface area contributed by atoms with Gasteiger partial charge in [-0.1, -0.05) is 12.1 Å². The molecule has 1 aliphatic carbocycles. The summed E-state index contributed by atoms with van der Waals surface area (Å²) >= 11 is 0. The molecular formula is C15H18O3. The fraction of sp³-hybridized carbons (Fsp3) is 0.533. The zero-order valence-electron chi connectivity index (χ0n) is 10.5. The number of rotatable bonds is 4. The van der Waals surface area contributed by atoms with Crippen LogP contribution in [0.5, 0.6) is 5.75 Å². The smallest absolute Gasteiger partial charge is 0.163 e. The average Bonchev–Trinajstić information content (AvgIpc) is 3.01. The van der Waals surface area contributed by atoms with Gasteiger partial charge >= 0.3 is 0 Å². The fourth-order valence-electron chi connectivity index (χ4n) is 2.77. The third kappa shape index (κ3) is 2.27. The van der Waals surface area contributed by atoms with E-state index in [1.54, 1.807) is 0 Å². The summed E-state index contributed by atoms with van der Waals surface area (Å²) in [5, 5.41) is 0. The van der Waals surface area contributed by atoms with Crippen molar-refractivity contribution in [2.24, 2.45) is 0 Å². The first-order valence-electron chi connectivity index (χ1n) is 6.74. The monoisotopic (exact) mass is 246 g/mol. The Labute approximate surface area is 107 Å². The number of carbonyl (C=O) groups excluding carboxylic acids is 1. The standard InChI is InChI=1S/C15H18O3/c16-14-7-6-13-12(14)4-1-5-15(13)18-10-8-11-3-2-9-17-11/h1,4-5,11H,2-3,6-10H2. The van der Waals surface area contributed by atoms with Gasteiger partial charge in [0.25, 0.3) is 0 Å². The number of hydrogen-bond acceptors (Lipinski definition) is 3. The minimum Gasteiger partial charge on any atom is -0.493 e. The van der Waals surface area contributed by atoms with Crippen LogP contribution in [0.1, 0.15) is 41.6 Å². The molecule has 1 aromatic carbocycles.